The average Bonchev–Trinajstić information content (AvgIpc) is 3.27. The number of benzene rings is 1. The normalized spacial score (nSPS) is 17.4. The third-order valence-electron chi connectivity index (χ3n) is 4.39. The molecule has 1 fully saturated rings. The van der Waals surface area contributed by atoms with Crippen molar-refractivity contribution in [1.82, 2.24) is 14.6 Å². The Morgan fingerprint density at radius 3 is 2.85 bits per heavy atom. The maximum atomic E-state index is 12.8. The molecule has 0 unspecified atom stereocenters. The van der Waals surface area contributed by atoms with Crippen LogP contribution in [0, 0.1) is 12.8 Å². The van der Waals surface area contributed by atoms with Crippen LogP contribution in [0.5, 0.6) is 0 Å². The molecule has 1 amide bonds. The van der Waals surface area contributed by atoms with Crippen LogP contribution in [0.15, 0.2) is 46.7 Å². The number of likely N-dealkylation sites (tertiary alicyclic amines) is 1. The molecule has 0 bridgehead atoms. The van der Waals surface area contributed by atoms with Gasteiger partial charge in [-0.2, -0.15) is 0 Å². The van der Waals surface area contributed by atoms with E-state index in [0.29, 0.717) is 30.4 Å². The summed E-state index contributed by atoms with van der Waals surface area (Å²) in [6.45, 7) is 6.31. The van der Waals surface area contributed by atoms with E-state index in [4.69, 9.17) is 4.42 Å². The lowest BCUT2D eigenvalue weighted by atomic mass is 10.1. The Labute approximate surface area is 152 Å². The lowest BCUT2D eigenvalue weighted by molar-refractivity contribution is 0.0780. The number of rotatable bonds is 6. The fourth-order valence-electron chi connectivity index (χ4n) is 2.93. The fourth-order valence-corrected chi connectivity index (χ4v) is 3.51. The van der Waals surface area contributed by atoms with Crippen LogP contribution in [0.1, 0.15) is 22.7 Å². The molecule has 1 atom stereocenters. The van der Waals surface area contributed by atoms with Gasteiger partial charge in [-0.3, -0.25) is 4.79 Å². The number of oxazole rings is 1. The van der Waals surface area contributed by atoms with E-state index >= 15 is 0 Å². The smallest absolute Gasteiger partial charge is 0.276 e. The summed E-state index contributed by atoms with van der Waals surface area (Å²) < 4.78 is 31.0. The van der Waals surface area contributed by atoms with Gasteiger partial charge in [-0.1, -0.05) is 24.8 Å². The van der Waals surface area contributed by atoms with Crippen LogP contribution in [0.3, 0.4) is 0 Å². The standard InChI is InChI=1S/C18H21N3O4S/c1-3-26(23,24)19-11-14-9-10-21(12-14)18(22)16-13(2)25-17(20-16)15-7-5-4-6-8-15/h3-8,14,19H,1,9-12H2,2H3/t14-/m1/s1. The molecule has 7 nitrogen and oxygen atoms in total. The number of hydrogen-bond acceptors (Lipinski definition) is 5. The van der Waals surface area contributed by atoms with Crippen LogP contribution in [-0.2, 0) is 10.0 Å². The summed E-state index contributed by atoms with van der Waals surface area (Å²) in [6, 6.07) is 9.40. The number of nitrogens with one attached hydrogen (secondary N) is 1. The van der Waals surface area contributed by atoms with Gasteiger partial charge in [0.05, 0.1) is 0 Å². The summed E-state index contributed by atoms with van der Waals surface area (Å²) in [5.41, 5.74) is 1.11. The van der Waals surface area contributed by atoms with E-state index in [1.165, 1.54) is 0 Å². The molecule has 8 heteroatoms. The van der Waals surface area contributed by atoms with Gasteiger partial charge in [0.2, 0.25) is 15.9 Å². The second-order valence-corrected chi connectivity index (χ2v) is 7.97. The van der Waals surface area contributed by atoms with Gasteiger partial charge in [0.1, 0.15) is 5.76 Å². The van der Waals surface area contributed by atoms with Gasteiger partial charge in [-0.05, 0) is 31.4 Å². The van der Waals surface area contributed by atoms with Crippen LogP contribution >= 0.6 is 0 Å². The third kappa shape index (κ3) is 4.03. The minimum Gasteiger partial charge on any atom is -0.441 e. The van der Waals surface area contributed by atoms with Crippen molar-refractivity contribution in [2.24, 2.45) is 5.92 Å². The van der Waals surface area contributed by atoms with Crippen LogP contribution in [-0.4, -0.2) is 43.8 Å². The zero-order chi connectivity index (χ0) is 18.7. The molecular weight excluding hydrogens is 354 g/mol. The highest BCUT2D eigenvalue weighted by molar-refractivity contribution is 7.92. The molecular formula is C18H21N3O4S. The van der Waals surface area contributed by atoms with E-state index in [9.17, 15) is 13.2 Å². The van der Waals surface area contributed by atoms with E-state index < -0.39 is 10.0 Å². The van der Waals surface area contributed by atoms with E-state index in [1.54, 1.807) is 11.8 Å². The second kappa shape index (κ2) is 7.43. The molecule has 0 saturated carbocycles. The Hall–Kier alpha value is -2.45. The lowest BCUT2D eigenvalue weighted by Crippen LogP contribution is -2.32. The van der Waals surface area contributed by atoms with Gasteiger partial charge >= 0.3 is 0 Å². The van der Waals surface area contributed by atoms with Crippen LogP contribution in [0.25, 0.3) is 11.5 Å². The molecule has 138 valence electrons. The Balaban J connectivity index is 1.67. The number of carbonyl (C=O) groups is 1. The molecule has 3 rings (SSSR count). The molecule has 1 saturated heterocycles. The van der Waals surface area contributed by atoms with Crippen molar-refractivity contribution in [1.29, 1.82) is 0 Å². The quantitative estimate of drug-likeness (QED) is 0.835. The molecule has 0 radical (unpaired) electrons. The zero-order valence-electron chi connectivity index (χ0n) is 14.5. The topological polar surface area (TPSA) is 92.5 Å². The highest BCUT2D eigenvalue weighted by atomic mass is 32.2. The van der Waals surface area contributed by atoms with E-state index in [2.05, 4.69) is 16.3 Å². The van der Waals surface area contributed by atoms with E-state index in [0.717, 1.165) is 17.4 Å². The third-order valence-corrected chi connectivity index (χ3v) is 5.39. The van der Waals surface area contributed by atoms with Crippen LogP contribution in [0.4, 0.5) is 0 Å². The van der Waals surface area contributed by atoms with Crippen molar-refractivity contribution in [3.05, 3.63) is 53.8 Å². The highest BCUT2D eigenvalue weighted by Crippen LogP contribution is 2.24. The molecule has 26 heavy (non-hydrogen) atoms. The number of sulfonamides is 1. The number of carbonyl (C=O) groups excluding carboxylic acids is 1. The highest BCUT2D eigenvalue weighted by Gasteiger charge is 2.30. The summed E-state index contributed by atoms with van der Waals surface area (Å²) in [7, 11) is -3.45. The van der Waals surface area contributed by atoms with Gasteiger partial charge in [-0.15, -0.1) is 0 Å². The Morgan fingerprint density at radius 1 is 1.42 bits per heavy atom. The van der Waals surface area contributed by atoms with Gasteiger partial charge in [0, 0.05) is 30.6 Å². The van der Waals surface area contributed by atoms with Crippen molar-refractivity contribution in [3.8, 4) is 11.5 Å². The molecule has 1 aromatic carbocycles. The number of nitrogens with zero attached hydrogens (tertiary/aromatic N) is 2. The number of aryl methyl sites for hydroxylation is 1. The predicted molar refractivity (Wildman–Crippen MR) is 97.8 cm³/mol. The summed E-state index contributed by atoms with van der Waals surface area (Å²) >= 11 is 0. The molecule has 1 aromatic heterocycles. The van der Waals surface area contributed by atoms with Crippen molar-refractivity contribution in [3.63, 3.8) is 0 Å². The molecule has 1 N–H and O–H groups in total. The minimum atomic E-state index is -3.45. The van der Waals surface area contributed by atoms with E-state index in [1.807, 2.05) is 30.3 Å². The molecule has 1 aliphatic rings. The number of hydrogen-bond donors (Lipinski definition) is 1. The maximum Gasteiger partial charge on any atom is 0.276 e. The van der Waals surface area contributed by atoms with Gasteiger partial charge in [0.25, 0.3) is 5.91 Å². The Morgan fingerprint density at radius 2 is 2.15 bits per heavy atom. The molecule has 0 aliphatic carbocycles. The first-order valence-electron chi connectivity index (χ1n) is 8.34. The van der Waals surface area contributed by atoms with Crippen molar-refractivity contribution in [2.75, 3.05) is 19.6 Å². The number of amides is 1. The van der Waals surface area contributed by atoms with Gasteiger partial charge < -0.3 is 9.32 Å². The Kier molecular flexibility index (Phi) is 5.24. The number of aromatic nitrogens is 1. The minimum absolute atomic E-state index is 0.0643. The lowest BCUT2D eigenvalue weighted by Gasteiger charge is -2.15. The predicted octanol–water partition coefficient (Wildman–Crippen LogP) is 2.18. The maximum absolute atomic E-state index is 12.8. The first-order chi connectivity index (χ1) is 12.4. The second-order valence-electron chi connectivity index (χ2n) is 6.26. The van der Waals surface area contributed by atoms with Crippen molar-refractivity contribution in [2.45, 2.75) is 13.3 Å². The van der Waals surface area contributed by atoms with Gasteiger partial charge in [-0.25, -0.2) is 18.1 Å². The van der Waals surface area contributed by atoms with Crippen LogP contribution < -0.4 is 4.72 Å². The zero-order valence-corrected chi connectivity index (χ0v) is 15.3. The molecule has 1 aliphatic heterocycles. The Bertz CT molecular complexity index is 906. The molecule has 2 aromatic rings. The molecule has 0 spiro atoms. The summed E-state index contributed by atoms with van der Waals surface area (Å²) in [5.74, 6) is 0.766. The average molecular weight is 375 g/mol. The van der Waals surface area contributed by atoms with E-state index in [-0.39, 0.29) is 18.4 Å². The first kappa shape index (κ1) is 18.3. The monoisotopic (exact) mass is 375 g/mol. The van der Waals surface area contributed by atoms with Crippen molar-refractivity contribution < 1.29 is 17.6 Å². The summed E-state index contributed by atoms with van der Waals surface area (Å²) in [6.07, 6.45) is 0.730. The van der Waals surface area contributed by atoms with Gasteiger partial charge in [0.15, 0.2) is 5.69 Å². The largest absolute Gasteiger partial charge is 0.441 e. The first-order valence-corrected chi connectivity index (χ1v) is 9.88. The summed E-state index contributed by atoms with van der Waals surface area (Å²) in [5, 5.41) is 0.884. The SMILES string of the molecule is C=CS(=O)(=O)NC[C@H]1CCN(C(=O)c2nc(-c3ccccc3)oc2C)C1. The molecule has 2 heterocycles. The summed E-state index contributed by atoms with van der Waals surface area (Å²) in [4.78, 5) is 18.8. The fraction of sp³-hybridized carbons (Fsp3) is 0.333. The van der Waals surface area contributed by atoms with Crippen LogP contribution in [0.2, 0.25) is 0 Å². The van der Waals surface area contributed by atoms with Crippen molar-refractivity contribution >= 4 is 15.9 Å².